The minimum atomic E-state index is -0.310. The number of carbonyl (C=O) groups excluding carboxylic acids is 1. The average molecular weight is 284 g/mol. The topological polar surface area (TPSA) is 61.4 Å². The zero-order chi connectivity index (χ0) is 15.1. The zero-order valence-corrected chi connectivity index (χ0v) is 12.0. The third-order valence-electron chi connectivity index (χ3n) is 3.16. The van der Waals surface area contributed by atoms with Gasteiger partial charge >= 0.3 is 6.03 Å². The van der Waals surface area contributed by atoms with E-state index < -0.39 is 0 Å². The molecule has 0 aliphatic carbocycles. The van der Waals surface area contributed by atoms with Gasteiger partial charge in [0.15, 0.2) is 0 Å². The predicted octanol–water partition coefficient (Wildman–Crippen LogP) is 2.72. The first-order valence-corrected chi connectivity index (χ1v) is 6.96. The zero-order valence-electron chi connectivity index (χ0n) is 12.0. The summed E-state index contributed by atoms with van der Waals surface area (Å²) in [6.45, 7) is 1.87. The molecule has 0 radical (unpaired) electrons. The minimum Gasteiger partial charge on any atom is -0.394 e. The Balaban J connectivity index is 1.90. The highest BCUT2D eigenvalue weighted by atomic mass is 16.3. The van der Waals surface area contributed by atoms with Crippen molar-refractivity contribution in [3.05, 3.63) is 65.7 Å². The van der Waals surface area contributed by atoms with Crippen LogP contribution >= 0.6 is 0 Å². The summed E-state index contributed by atoms with van der Waals surface area (Å²) >= 11 is 0. The van der Waals surface area contributed by atoms with Gasteiger partial charge in [-0.25, -0.2) is 4.79 Å². The highest BCUT2D eigenvalue weighted by Gasteiger charge is 2.12. The molecule has 2 aromatic carbocycles. The van der Waals surface area contributed by atoms with Gasteiger partial charge in [-0.2, -0.15) is 0 Å². The molecule has 4 nitrogen and oxygen atoms in total. The lowest BCUT2D eigenvalue weighted by Gasteiger charge is -2.17. The first-order valence-electron chi connectivity index (χ1n) is 6.96. The Morgan fingerprint density at radius 1 is 1.14 bits per heavy atom. The SMILES string of the molecule is Cc1cccc(NC(=O)N[C@H](CO)Cc2ccccc2)c1. The van der Waals surface area contributed by atoms with Crippen molar-refractivity contribution < 1.29 is 9.90 Å². The summed E-state index contributed by atoms with van der Waals surface area (Å²) in [6, 6.07) is 16.7. The standard InChI is InChI=1S/C17H20N2O2/c1-13-6-5-9-15(10-13)18-17(21)19-16(12-20)11-14-7-3-2-4-8-14/h2-10,16,20H,11-12H2,1H3,(H2,18,19,21)/t16-/m0/s1. The Morgan fingerprint density at radius 3 is 2.57 bits per heavy atom. The Morgan fingerprint density at radius 2 is 1.90 bits per heavy atom. The van der Waals surface area contributed by atoms with Gasteiger partial charge < -0.3 is 15.7 Å². The average Bonchev–Trinajstić information content (AvgIpc) is 2.47. The lowest BCUT2D eigenvalue weighted by molar-refractivity contribution is 0.224. The lowest BCUT2D eigenvalue weighted by Crippen LogP contribution is -2.41. The van der Waals surface area contributed by atoms with Crippen molar-refractivity contribution in [3.8, 4) is 0 Å². The second-order valence-corrected chi connectivity index (χ2v) is 5.04. The summed E-state index contributed by atoms with van der Waals surface area (Å²) in [5.41, 5.74) is 2.90. The van der Waals surface area contributed by atoms with Gasteiger partial charge in [0.25, 0.3) is 0 Å². The number of aliphatic hydroxyl groups is 1. The normalized spacial score (nSPS) is 11.7. The molecule has 0 saturated heterocycles. The first kappa shape index (κ1) is 15.1. The molecule has 3 N–H and O–H groups in total. The van der Waals surface area contributed by atoms with Crippen molar-refractivity contribution in [2.75, 3.05) is 11.9 Å². The molecule has 0 heterocycles. The molecule has 0 aliphatic heterocycles. The molecule has 0 saturated carbocycles. The highest BCUT2D eigenvalue weighted by molar-refractivity contribution is 5.89. The van der Waals surface area contributed by atoms with E-state index in [2.05, 4.69) is 10.6 Å². The Labute approximate surface area is 124 Å². The van der Waals surface area contributed by atoms with E-state index in [9.17, 15) is 9.90 Å². The predicted molar refractivity (Wildman–Crippen MR) is 84.4 cm³/mol. The molecule has 0 unspecified atom stereocenters. The van der Waals surface area contributed by atoms with Crippen LogP contribution in [-0.4, -0.2) is 23.8 Å². The molecule has 0 fully saturated rings. The van der Waals surface area contributed by atoms with Crippen molar-refractivity contribution in [2.24, 2.45) is 0 Å². The molecule has 2 aromatic rings. The quantitative estimate of drug-likeness (QED) is 0.790. The molecule has 2 rings (SSSR count). The van der Waals surface area contributed by atoms with Gasteiger partial charge in [-0.05, 0) is 36.6 Å². The molecule has 0 aliphatic rings. The van der Waals surface area contributed by atoms with Crippen LogP contribution in [0.3, 0.4) is 0 Å². The summed E-state index contributed by atoms with van der Waals surface area (Å²) in [5, 5.41) is 15.0. The third-order valence-corrected chi connectivity index (χ3v) is 3.16. The molecule has 0 aromatic heterocycles. The number of hydrogen-bond acceptors (Lipinski definition) is 2. The molecule has 4 heteroatoms. The van der Waals surface area contributed by atoms with Gasteiger partial charge in [0.05, 0.1) is 12.6 Å². The lowest BCUT2D eigenvalue weighted by atomic mass is 10.1. The van der Waals surface area contributed by atoms with E-state index in [0.717, 1.165) is 16.8 Å². The van der Waals surface area contributed by atoms with Crippen molar-refractivity contribution in [1.82, 2.24) is 5.32 Å². The van der Waals surface area contributed by atoms with E-state index in [4.69, 9.17) is 0 Å². The van der Waals surface area contributed by atoms with Gasteiger partial charge in [0.1, 0.15) is 0 Å². The molecule has 2 amide bonds. The van der Waals surface area contributed by atoms with Gasteiger partial charge in [-0.1, -0.05) is 42.5 Å². The summed E-state index contributed by atoms with van der Waals surface area (Å²) in [6.07, 6.45) is 0.596. The van der Waals surface area contributed by atoms with Crippen LogP contribution < -0.4 is 10.6 Å². The molecular weight excluding hydrogens is 264 g/mol. The van der Waals surface area contributed by atoms with Gasteiger partial charge in [0, 0.05) is 5.69 Å². The maximum absolute atomic E-state index is 11.9. The second kappa shape index (κ2) is 7.45. The number of urea groups is 1. The van der Waals surface area contributed by atoms with Crippen LogP contribution in [0.15, 0.2) is 54.6 Å². The number of carbonyl (C=O) groups is 1. The monoisotopic (exact) mass is 284 g/mol. The highest BCUT2D eigenvalue weighted by Crippen LogP contribution is 2.09. The molecule has 0 bridgehead atoms. The second-order valence-electron chi connectivity index (χ2n) is 5.04. The summed E-state index contributed by atoms with van der Waals surface area (Å²) in [4.78, 5) is 11.9. The Hall–Kier alpha value is -2.33. The van der Waals surface area contributed by atoms with E-state index in [0.29, 0.717) is 6.42 Å². The van der Waals surface area contributed by atoms with Crippen molar-refractivity contribution >= 4 is 11.7 Å². The number of rotatable bonds is 5. The van der Waals surface area contributed by atoms with Crippen LogP contribution in [0, 0.1) is 6.92 Å². The van der Waals surface area contributed by atoms with Gasteiger partial charge in [-0.15, -0.1) is 0 Å². The fourth-order valence-electron chi connectivity index (χ4n) is 2.14. The van der Waals surface area contributed by atoms with E-state index in [1.54, 1.807) is 0 Å². The number of benzene rings is 2. The largest absolute Gasteiger partial charge is 0.394 e. The van der Waals surface area contributed by atoms with E-state index >= 15 is 0 Å². The minimum absolute atomic E-state index is 0.101. The summed E-state index contributed by atoms with van der Waals surface area (Å²) < 4.78 is 0. The van der Waals surface area contributed by atoms with Crippen LogP contribution in [0.2, 0.25) is 0 Å². The fraction of sp³-hybridized carbons (Fsp3) is 0.235. The summed E-state index contributed by atoms with van der Waals surface area (Å²) in [5.74, 6) is 0. The first-order chi connectivity index (χ1) is 10.2. The van der Waals surface area contributed by atoms with Gasteiger partial charge in [-0.3, -0.25) is 0 Å². The van der Waals surface area contributed by atoms with Crippen LogP contribution in [-0.2, 0) is 6.42 Å². The van der Waals surface area contributed by atoms with Crippen molar-refractivity contribution in [1.29, 1.82) is 0 Å². The van der Waals surface area contributed by atoms with Gasteiger partial charge in [0.2, 0.25) is 0 Å². The fourth-order valence-corrected chi connectivity index (χ4v) is 2.14. The van der Waals surface area contributed by atoms with Crippen LogP contribution in [0.25, 0.3) is 0 Å². The molecular formula is C17H20N2O2. The number of aliphatic hydroxyl groups excluding tert-OH is 1. The van der Waals surface area contributed by atoms with Crippen LogP contribution in [0.4, 0.5) is 10.5 Å². The van der Waals surface area contributed by atoms with Crippen LogP contribution in [0.5, 0.6) is 0 Å². The van der Waals surface area contributed by atoms with E-state index in [1.807, 2.05) is 61.5 Å². The maximum Gasteiger partial charge on any atom is 0.319 e. The Kier molecular flexibility index (Phi) is 5.35. The number of hydrogen-bond donors (Lipinski definition) is 3. The number of anilines is 1. The molecule has 0 spiro atoms. The van der Waals surface area contributed by atoms with Crippen LogP contribution in [0.1, 0.15) is 11.1 Å². The van der Waals surface area contributed by atoms with E-state index in [1.165, 1.54) is 0 Å². The molecule has 21 heavy (non-hydrogen) atoms. The summed E-state index contributed by atoms with van der Waals surface area (Å²) in [7, 11) is 0. The van der Waals surface area contributed by atoms with Crippen molar-refractivity contribution in [2.45, 2.75) is 19.4 Å². The molecule has 1 atom stereocenters. The van der Waals surface area contributed by atoms with Crippen molar-refractivity contribution in [3.63, 3.8) is 0 Å². The smallest absolute Gasteiger partial charge is 0.319 e. The Bertz CT molecular complexity index is 584. The third kappa shape index (κ3) is 4.93. The maximum atomic E-state index is 11.9. The number of amides is 2. The number of nitrogens with one attached hydrogen (secondary N) is 2. The number of aryl methyl sites for hydroxylation is 1. The van der Waals surface area contributed by atoms with E-state index in [-0.39, 0.29) is 18.7 Å². The molecule has 110 valence electrons.